The maximum absolute atomic E-state index is 9.61. The smallest absolute Gasteiger partial charge is 0.191 e. The van der Waals surface area contributed by atoms with Crippen molar-refractivity contribution in [2.24, 2.45) is 4.99 Å². The topological polar surface area (TPSA) is 59.9 Å². The molecular formula is C18H30N4O. The second-order valence-electron chi connectivity index (χ2n) is 6.03. The molecule has 5 nitrogen and oxygen atoms in total. The van der Waals surface area contributed by atoms with E-state index in [9.17, 15) is 5.11 Å². The van der Waals surface area contributed by atoms with Gasteiger partial charge in [0.15, 0.2) is 5.96 Å². The molecule has 1 aliphatic carbocycles. The highest BCUT2D eigenvalue weighted by molar-refractivity contribution is 5.79. The van der Waals surface area contributed by atoms with Crippen molar-refractivity contribution in [2.45, 2.75) is 31.7 Å². The molecule has 0 radical (unpaired) electrons. The number of likely N-dealkylation sites (N-methyl/N-ethyl adjacent to an activating group) is 1. The van der Waals surface area contributed by atoms with E-state index < -0.39 is 0 Å². The summed E-state index contributed by atoms with van der Waals surface area (Å²) in [7, 11) is 1.78. The van der Waals surface area contributed by atoms with Gasteiger partial charge >= 0.3 is 0 Å². The van der Waals surface area contributed by atoms with E-state index in [-0.39, 0.29) is 12.5 Å². The number of hydrogen-bond acceptors (Lipinski definition) is 3. The summed E-state index contributed by atoms with van der Waals surface area (Å²) in [6, 6.07) is 10.9. The average molecular weight is 318 g/mol. The molecule has 0 heterocycles. The van der Waals surface area contributed by atoms with Gasteiger partial charge in [0.05, 0.1) is 6.61 Å². The Kier molecular flexibility index (Phi) is 7.36. The number of aliphatic hydroxyl groups excluding tert-OH is 1. The zero-order valence-electron chi connectivity index (χ0n) is 14.3. The molecule has 1 aromatic carbocycles. The molecule has 1 aromatic rings. The molecule has 1 unspecified atom stereocenters. The van der Waals surface area contributed by atoms with Crippen LogP contribution in [0.15, 0.2) is 35.3 Å². The van der Waals surface area contributed by atoms with Gasteiger partial charge in [0.1, 0.15) is 0 Å². The fourth-order valence-corrected chi connectivity index (χ4v) is 2.81. The van der Waals surface area contributed by atoms with Crippen LogP contribution in [0.1, 0.15) is 31.2 Å². The maximum Gasteiger partial charge on any atom is 0.191 e. The van der Waals surface area contributed by atoms with Gasteiger partial charge in [0, 0.05) is 38.6 Å². The SMILES string of the molecule is CCN(CCNC(=NC)NCC(CO)c1ccccc1)C1CC1. The van der Waals surface area contributed by atoms with E-state index in [0.29, 0.717) is 6.54 Å². The van der Waals surface area contributed by atoms with E-state index in [4.69, 9.17) is 0 Å². The Hall–Kier alpha value is -1.59. The molecule has 5 heteroatoms. The first kappa shape index (κ1) is 17.8. The third-order valence-corrected chi connectivity index (χ3v) is 4.39. The second kappa shape index (κ2) is 9.53. The number of nitrogens with zero attached hydrogens (tertiary/aromatic N) is 2. The minimum absolute atomic E-state index is 0.0772. The van der Waals surface area contributed by atoms with E-state index >= 15 is 0 Å². The highest BCUT2D eigenvalue weighted by Gasteiger charge is 2.27. The average Bonchev–Trinajstić information content (AvgIpc) is 3.43. The largest absolute Gasteiger partial charge is 0.396 e. The normalized spacial score (nSPS) is 16.4. The summed E-state index contributed by atoms with van der Waals surface area (Å²) in [6.45, 7) is 6.05. The highest BCUT2D eigenvalue weighted by Crippen LogP contribution is 2.25. The van der Waals surface area contributed by atoms with Gasteiger partial charge in [-0.1, -0.05) is 37.3 Å². The summed E-state index contributed by atoms with van der Waals surface area (Å²) in [5.41, 5.74) is 1.14. The number of rotatable bonds is 9. The number of aliphatic hydroxyl groups is 1. The van der Waals surface area contributed by atoms with E-state index in [1.807, 2.05) is 30.3 Å². The molecule has 0 saturated heterocycles. The number of guanidine groups is 1. The van der Waals surface area contributed by atoms with E-state index in [1.54, 1.807) is 7.05 Å². The molecule has 0 aromatic heterocycles. The van der Waals surface area contributed by atoms with Gasteiger partial charge in [-0.15, -0.1) is 0 Å². The first-order chi connectivity index (χ1) is 11.3. The Bertz CT molecular complexity index is 473. The third-order valence-electron chi connectivity index (χ3n) is 4.39. The molecule has 0 bridgehead atoms. The fourth-order valence-electron chi connectivity index (χ4n) is 2.81. The van der Waals surface area contributed by atoms with Crippen molar-refractivity contribution in [1.82, 2.24) is 15.5 Å². The molecule has 1 atom stereocenters. The molecule has 3 N–H and O–H groups in total. The minimum atomic E-state index is 0.0772. The van der Waals surface area contributed by atoms with Crippen LogP contribution in [0.4, 0.5) is 0 Å². The van der Waals surface area contributed by atoms with E-state index in [0.717, 1.165) is 37.2 Å². The lowest BCUT2D eigenvalue weighted by atomic mass is 10.0. The predicted molar refractivity (Wildman–Crippen MR) is 95.9 cm³/mol. The summed E-state index contributed by atoms with van der Waals surface area (Å²) in [5, 5.41) is 16.3. The number of nitrogens with one attached hydrogen (secondary N) is 2. The van der Waals surface area contributed by atoms with Gasteiger partial charge in [0.2, 0.25) is 0 Å². The van der Waals surface area contributed by atoms with Crippen LogP contribution < -0.4 is 10.6 Å². The molecule has 0 amide bonds. The first-order valence-corrected chi connectivity index (χ1v) is 8.62. The third kappa shape index (κ3) is 5.84. The van der Waals surface area contributed by atoms with Crippen LogP contribution in [0.5, 0.6) is 0 Å². The number of benzene rings is 1. The van der Waals surface area contributed by atoms with Gasteiger partial charge in [-0.2, -0.15) is 0 Å². The van der Waals surface area contributed by atoms with Crippen LogP contribution in [0.2, 0.25) is 0 Å². The van der Waals surface area contributed by atoms with Gasteiger partial charge in [-0.25, -0.2) is 0 Å². The number of hydrogen-bond donors (Lipinski definition) is 3. The maximum atomic E-state index is 9.61. The Morgan fingerprint density at radius 1 is 1.30 bits per heavy atom. The molecule has 1 aliphatic rings. The van der Waals surface area contributed by atoms with Crippen molar-refractivity contribution in [2.75, 3.05) is 39.8 Å². The Morgan fingerprint density at radius 3 is 2.61 bits per heavy atom. The lowest BCUT2D eigenvalue weighted by Gasteiger charge is -2.21. The Balaban J connectivity index is 1.73. The monoisotopic (exact) mass is 318 g/mol. The quantitative estimate of drug-likeness (QED) is 0.476. The predicted octanol–water partition coefficient (Wildman–Crippen LogP) is 1.41. The van der Waals surface area contributed by atoms with Crippen molar-refractivity contribution >= 4 is 5.96 Å². The van der Waals surface area contributed by atoms with Crippen molar-refractivity contribution in [3.63, 3.8) is 0 Å². The first-order valence-electron chi connectivity index (χ1n) is 8.62. The van der Waals surface area contributed by atoms with Gasteiger partial charge < -0.3 is 15.7 Å². The molecular weight excluding hydrogens is 288 g/mol. The summed E-state index contributed by atoms with van der Waals surface area (Å²) < 4.78 is 0. The summed E-state index contributed by atoms with van der Waals surface area (Å²) >= 11 is 0. The van der Waals surface area contributed by atoms with Crippen molar-refractivity contribution in [3.8, 4) is 0 Å². The molecule has 0 spiro atoms. The van der Waals surface area contributed by atoms with Gasteiger partial charge in [-0.05, 0) is 24.9 Å². The van der Waals surface area contributed by atoms with Crippen LogP contribution in [0.25, 0.3) is 0 Å². The van der Waals surface area contributed by atoms with Crippen LogP contribution in [0.3, 0.4) is 0 Å². The summed E-state index contributed by atoms with van der Waals surface area (Å²) in [6.07, 6.45) is 2.69. The zero-order chi connectivity index (χ0) is 16.5. The molecule has 128 valence electrons. The summed E-state index contributed by atoms with van der Waals surface area (Å²) in [4.78, 5) is 6.78. The standard InChI is InChI=1S/C18H30N4O/c1-3-22(17-9-10-17)12-11-20-18(19-2)21-13-16(14-23)15-7-5-4-6-8-15/h4-8,16-17,23H,3,9-14H2,1-2H3,(H2,19,20,21). The van der Waals surface area contributed by atoms with Crippen molar-refractivity contribution in [1.29, 1.82) is 0 Å². The van der Waals surface area contributed by atoms with Gasteiger partial charge in [-0.3, -0.25) is 9.89 Å². The van der Waals surface area contributed by atoms with Gasteiger partial charge in [0.25, 0.3) is 0 Å². The number of aliphatic imine (C=N–C) groups is 1. The molecule has 1 fully saturated rings. The van der Waals surface area contributed by atoms with Crippen LogP contribution in [0, 0.1) is 0 Å². The molecule has 1 saturated carbocycles. The van der Waals surface area contributed by atoms with E-state index in [1.165, 1.54) is 12.8 Å². The molecule has 2 rings (SSSR count). The minimum Gasteiger partial charge on any atom is -0.396 e. The Morgan fingerprint density at radius 2 is 2.04 bits per heavy atom. The van der Waals surface area contributed by atoms with Crippen molar-refractivity contribution < 1.29 is 5.11 Å². The molecule has 0 aliphatic heterocycles. The Labute approximate surface area is 139 Å². The van der Waals surface area contributed by atoms with Crippen molar-refractivity contribution in [3.05, 3.63) is 35.9 Å². The van der Waals surface area contributed by atoms with Crippen LogP contribution >= 0.6 is 0 Å². The lowest BCUT2D eigenvalue weighted by Crippen LogP contribution is -2.43. The summed E-state index contributed by atoms with van der Waals surface area (Å²) in [5.74, 6) is 0.875. The molecule has 23 heavy (non-hydrogen) atoms. The second-order valence-corrected chi connectivity index (χ2v) is 6.03. The lowest BCUT2D eigenvalue weighted by molar-refractivity contribution is 0.264. The fraction of sp³-hybridized carbons (Fsp3) is 0.611. The zero-order valence-corrected chi connectivity index (χ0v) is 14.3. The van der Waals surface area contributed by atoms with Crippen LogP contribution in [-0.4, -0.2) is 61.8 Å². The van der Waals surface area contributed by atoms with E-state index in [2.05, 4.69) is 27.4 Å². The van der Waals surface area contributed by atoms with Crippen LogP contribution in [-0.2, 0) is 0 Å². The highest BCUT2D eigenvalue weighted by atomic mass is 16.3.